The first kappa shape index (κ1) is 23.3. The molecule has 3 aromatic carbocycles. The van der Waals surface area contributed by atoms with Crippen LogP contribution < -0.4 is 15.1 Å². The Labute approximate surface area is 203 Å². The third-order valence-electron chi connectivity index (χ3n) is 5.75. The van der Waals surface area contributed by atoms with Gasteiger partial charge < -0.3 is 15.3 Å². The number of hydrogen-bond acceptors (Lipinski definition) is 3. The zero-order chi connectivity index (χ0) is 24.1. The van der Waals surface area contributed by atoms with Crippen molar-refractivity contribution in [1.82, 2.24) is 0 Å². The first-order valence-corrected chi connectivity index (χ1v) is 11.4. The van der Waals surface area contributed by atoms with Crippen LogP contribution in [0.5, 0.6) is 0 Å². The van der Waals surface area contributed by atoms with E-state index in [1.54, 1.807) is 60.7 Å². The third-order valence-corrected chi connectivity index (χ3v) is 6.00. The molecule has 1 aliphatic heterocycles. The lowest BCUT2D eigenvalue weighted by Crippen LogP contribution is -2.40. The number of carboxylic acid groups (broad SMARTS) is 1. The van der Waals surface area contributed by atoms with Crippen LogP contribution in [0.3, 0.4) is 0 Å². The topological polar surface area (TPSA) is 96.7 Å². The zero-order valence-electron chi connectivity index (χ0n) is 18.4. The van der Waals surface area contributed by atoms with Crippen LogP contribution in [0.2, 0.25) is 5.02 Å². The lowest BCUT2D eigenvalue weighted by molar-refractivity contribution is -0.117. The molecule has 1 aliphatic rings. The van der Waals surface area contributed by atoms with Crippen LogP contribution in [-0.2, 0) is 4.79 Å². The monoisotopic (exact) mass is 476 g/mol. The van der Waals surface area contributed by atoms with Gasteiger partial charge >= 0.3 is 6.09 Å². The minimum Gasteiger partial charge on any atom is -0.465 e. The zero-order valence-corrected chi connectivity index (χ0v) is 19.2. The number of carbonyl (C=O) groups is 2. The van der Waals surface area contributed by atoms with Crippen molar-refractivity contribution in [2.75, 3.05) is 21.7 Å². The second kappa shape index (κ2) is 10.4. The number of halogens is 1. The van der Waals surface area contributed by atoms with Gasteiger partial charge in [-0.3, -0.25) is 15.1 Å². The van der Waals surface area contributed by atoms with Gasteiger partial charge in [-0.15, -0.1) is 0 Å². The number of rotatable bonds is 6. The highest BCUT2D eigenvalue weighted by molar-refractivity contribution is 6.30. The Morgan fingerprint density at radius 1 is 0.971 bits per heavy atom. The molecule has 1 saturated heterocycles. The van der Waals surface area contributed by atoms with Gasteiger partial charge in [-0.2, -0.15) is 0 Å². The number of anilines is 3. The van der Waals surface area contributed by atoms with Crippen molar-refractivity contribution in [3.05, 3.63) is 89.4 Å². The Hall–Kier alpha value is -3.84. The summed E-state index contributed by atoms with van der Waals surface area (Å²) in [6.45, 7) is 0.801. The minimum absolute atomic E-state index is 0.333. The first-order valence-electron chi connectivity index (χ1n) is 11.0. The van der Waals surface area contributed by atoms with Gasteiger partial charge in [0.2, 0.25) is 0 Å². The summed E-state index contributed by atoms with van der Waals surface area (Å²) in [5.41, 5.74) is 2.31. The van der Waals surface area contributed by atoms with Crippen molar-refractivity contribution in [1.29, 1.82) is 5.41 Å². The number of nitrogens with zero attached hydrogens (tertiary/aromatic N) is 2. The molecule has 1 atom stereocenters. The summed E-state index contributed by atoms with van der Waals surface area (Å²) in [6, 6.07) is 21.2. The van der Waals surface area contributed by atoms with Crippen LogP contribution in [0.1, 0.15) is 30.9 Å². The molecule has 0 saturated carbocycles. The molecule has 1 fully saturated rings. The summed E-state index contributed by atoms with van der Waals surface area (Å²) in [7, 11) is 0. The molecular formula is C26H25ClN4O3. The molecule has 0 spiro atoms. The maximum atomic E-state index is 13.5. The number of piperidine rings is 1. The van der Waals surface area contributed by atoms with Crippen LogP contribution in [0.25, 0.3) is 0 Å². The molecule has 0 unspecified atom stereocenters. The van der Waals surface area contributed by atoms with Gasteiger partial charge in [0.15, 0.2) is 0 Å². The second-order valence-electron chi connectivity index (χ2n) is 8.03. The van der Waals surface area contributed by atoms with Crippen molar-refractivity contribution in [3.63, 3.8) is 0 Å². The highest BCUT2D eigenvalue weighted by atomic mass is 35.5. The van der Waals surface area contributed by atoms with Gasteiger partial charge in [0.1, 0.15) is 11.9 Å². The van der Waals surface area contributed by atoms with E-state index in [-0.39, 0.29) is 0 Å². The molecule has 0 radical (unpaired) electrons. The Bertz CT molecular complexity index is 1170. The number of amidine groups is 1. The molecule has 34 heavy (non-hydrogen) atoms. The lowest BCUT2D eigenvalue weighted by Gasteiger charge is -2.30. The SMILES string of the molecule is N=C1CCCCN1c1ccc(NC(=O)[C@@H](c2ccccc2)N(C(=O)O)c2ccc(Cl)cc2)cc1. The number of amides is 2. The van der Waals surface area contributed by atoms with Crippen LogP contribution in [0.4, 0.5) is 21.9 Å². The summed E-state index contributed by atoms with van der Waals surface area (Å²) in [5, 5.41) is 21.5. The quantitative estimate of drug-likeness (QED) is 0.396. The summed E-state index contributed by atoms with van der Waals surface area (Å²) in [4.78, 5) is 28.7. The number of carbonyl (C=O) groups excluding carboxylic acids is 1. The van der Waals surface area contributed by atoms with Gasteiger partial charge in [0, 0.05) is 35.1 Å². The Balaban J connectivity index is 1.61. The van der Waals surface area contributed by atoms with Crippen molar-refractivity contribution in [2.24, 2.45) is 0 Å². The van der Waals surface area contributed by atoms with Crippen LogP contribution >= 0.6 is 11.6 Å². The Kier molecular flexibility index (Phi) is 7.13. The van der Waals surface area contributed by atoms with E-state index in [1.165, 1.54) is 0 Å². The van der Waals surface area contributed by atoms with E-state index in [0.717, 1.165) is 36.4 Å². The number of hydrogen-bond donors (Lipinski definition) is 3. The highest BCUT2D eigenvalue weighted by Crippen LogP contribution is 2.30. The Morgan fingerprint density at radius 2 is 1.65 bits per heavy atom. The number of benzene rings is 3. The summed E-state index contributed by atoms with van der Waals surface area (Å²) >= 11 is 5.98. The highest BCUT2D eigenvalue weighted by Gasteiger charge is 2.33. The van der Waals surface area contributed by atoms with Gasteiger partial charge in [-0.1, -0.05) is 41.9 Å². The molecule has 8 heteroatoms. The van der Waals surface area contributed by atoms with E-state index in [2.05, 4.69) is 5.32 Å². The molecule has 174 valence electrons. The molecule has 1 heterocycles. The maximum Gasteiger partial charge on any atom is 0.412 e. The summed E-state index contributed by atoms with van der Waals surface area (Å²) in [5.74, 6) is 0.106. The Morgan fingerprint density at radius 3 is 2.26 bits per heavy atom. The molecule has 2 amide bonds. The van der Waals surface area contributed by atoms with Crippen LogP contribution in [0, 0.1) is 5.41 Å². The summed E-state index contributed by atoms with van der Waals surface area (Å²) in [6.07, 6.45) is 1.56. The smallest absolute Gasteiger partial charge is 0.412 e. The molecule has 7 nitrogen and oxygen atoms in total. The fraction of sp³-hybridized carbons (Fsp3) is 0.192. The van der Waals surface area contributed by atoms with Crippen molar-refractivity contribution < 1.29 is 14.7 Å². The van der Waals surface area contributed by atoms with E-state index < -0.39 is 18.0 Å². The van der Waals surface area contributed by atoms with Crippen molar-refractivity contribution in [2.45, 2.75) is 25.3 Å². The second-order valence-corrected chi connectivity index (χ2v) is 8.47. The standard InChI is InChI=1S/C26H25ClN4O3/c27-19-9-13-22(14-10-19)31(26(33)34)24(18-6-2-1-3-7-18)25(32)29-20-11-15-21(16-12-20)30-17-5-4-8-23(30)28/h1-3,6-7,9-16,24,28H,4-5,8,17H2,(H,29,32)(H,33,34)/t24-/m1/s1. The van der Waals surface area contributed by atoms with Gasteiger partial charge in [0.05, 0.1) is 0 Å². The minimum atomic E-state index is -1.26. The average molecular weight is 477 g/mol. The fourth-order valence-corrected chi connectivity index (χ4v) is 4.20. The molecule has 4 rings (SSSR count). The molecule has 3 aromatic rings. The molecule has 0 aromatic heterocycles. The molecular weight excluding hydrogens is 452 g/mol. The average Bonchev–Trinajstić information content (AvgIpc) is 2.84. The normalized spacial score (nSPS) is 14.4. The molecule has 0 bridgehead atoms. The molecule has 3 N–H and O–H groups in total. The van der Waals surface area contributed by atoms with E-state index in [1.807, 2.05) is 23.1 Å². The van der Waals surface area contributed by atoms with E-state index in [0.29, 0.717) is 27.8 Å². The maximum absolute atomic E-state index is 13.5. The first-order chi connectivity index (χ1) is 16.4. The fourth-order valence-electron chi connectivity index (χ4n) is 4.08. The predicted octanol–water partition coefficient (Wildman–Crippen LogP) is 6.17. The van der Waals surface area contributed by atoms with Crippen LogP contribution in [0.15, 0.2) is 78.9 Å². The van der Waals surface area contributed by atoms with Gasteiger partial charge in [-0.25, -0.2) is 4.79 Å². The van der Waals surface area contributed by atoms with E-state index in [4.69, 9.17) is 17.0 Å². The molecule has 0 aliphatic carbocycles. The van der Waals surface area contributed by atoms with Crippen molar-refractivity contribution >= 4 is 46.5 Å². The van der Waals surface area contributed by atoms with Gasteiger partial charge in [-0.05, 0) is 66.9 Å². The predicted molar refractivity (Wildman–Crippen MR) is 135 cm³/mol. The lowest BCUT2D eigenvalue weighted by atomic mass is 10.0. The summed E-state index contributed by atoms with van der Waals surface area (Å²) < 4.78 is 0. The van der Waals surface area contributed by atoms with E-state index >= 15 is 0 Å². The largest absolute Gasteiger partial charge is 0.465 e. The number of nitrogens with one attached hydrogen (secondary N) is 2. The third kappa shape index (κ3) is 5.21. The van der Waals surface area contributed by atoms with Gasteiger partial charge in [0.25, 0.3) is 5.91 Å². The van der Waals surface area contributed by atoms with E-state index in [9.17, 15) is 14.7 Å². The van der Waals surface area contributed by atoms with Crippen LogP contribution in [-0.4, -0.2) is 29.5 Å². The van der Waals surface area contributed by atoms with Crippen molar-refractivity contribution in [3.8, 4) is 0 Å².